The first kappa shape index (κ1) is 18.7. The molecule has 3 N–H and O–H groups in total. The summed E-state index contributed by atoms with van der Waals surface area (Å²) in [5.41, 5.74) is 6.04. The highest BCUT2D eigenvalue weighted by Crippen LogP contribution is 2.16. The minimum absolute atomic E-state index is 0.0281. The summed E-state index contributed by atoms with van der Waals surface area (Å²) >= 11 is 1.62. The van der Waals surface area contributed by atoms with Crippen molar-refractivity contribution in [2.75, 3.05) is 31.9 Å². The maximum Gasteiger partial charge on any atom is 0.251 e. The average Bonchev–Trinajstić information content (AvgIpc) is 2.59. The number of nitrogens with zero attached hydrogens (tertiary/aromatic N) is 2. The first-order valence-corrected chi connectivity index (χ1v) is 9.47. The van der Waals surface area contributed by atoms with E-state index in [0.29, 0.717) is 12.1 Å². The van der Waals surface area contributed by atoms with E-state index in [-0.39, 0.29) is 17.7 Å². The van der Waals surface area contributed by atoms with Gasteiger partial charge in [0.15, 0.2) is 0 Å². The van der Waals surface area contributed by atoms with Crippen molar-refractivity contribution < 1.29 is 9.59 Å². The predicted octanol–water partition coefficient (Wildman–Crippen LogP) is 1.51. The molecule has 0 aromatic carbocycles. The zero-order chi connectivity index (χ0) is 17.4. The van der Waals surface area contributed by atoms with Crippen LogP contribution in [0, 0.1) is 5.92 Å². The molecule has 1 aliphatic rings. The third kappa shape index (κ3) is 5.79. The Labute approximate surface area is 147 Å². The van der Waals surface area contributed by atoms with E-state index in [2.05, 4.69) is 22.1 Å². The maximum absolute atomic E-state index is 12.2. The van der Waals surface area contributed by atoms with Crippen molar-refractivity contribution in [2.24, 2.45) is 11.7 Å². The number of hydrogen-bond acceptors (Lipinski definition) is 5. The standard InChI is InChI=1S/C17H26N4O2S/c1-2-24-15-11-13(6-8-19-15)17(23)20-7-4-10-21-9-3-5-14(12-21)16(18)22/h6,8,11,14H,2-5,7,9-10,12H2,1H3,(H2,18,22)(H,20,23). The van der Waals surface area contributed by atoms with Crippen LogP contribution >= 0.6 is 11.8 Å². The van der Waals surface area contributed by atoms with Crippen molar-refractivity contribution in [3.8, 4) is 0 Å². The molecule has 2 heterocycles. The molecule has 1 atom stereocenters. The lowest BCUT2D eigenvalue weighted by molar-refractivity contribution is -0.123. The normalized spacial score (nSPS) is 18.3. The molecule has 1 aromatic heterocycles. The highest BCUT2D eigenvalue weighted by atomic mass is 32.2. The molecule has 1 aliphatic heterocycles. The van der Waals surface area contributed by atoms with Gasteiger partial charge in [0.25, 0.3) is 5.91 Å². The molecule has 1 saturated heterocycles. The smallest absolute Gasteiger partial charge is 0.251 e. The zero-order valence-corrected chi connectivity index (χ0v) is 15.0. The van der Waals surface area contributed by atoms with E-state index < -0.39 is 0 Å². The van der Waals surface area contributed by atoms with Gasteiger partial charge in [-0.25, -0.2) is 4.98 Å². The van der Waals surface area contributed by atoms with Crippen LogP contribution in [0.1, 0.15) is 36.5 Å². The minimum Gasteiger partial charge on any atom is -0.369 e. The van der Waals surface area contributed by atoms with E-state index in [1.165, 1.54) is 0 Å². The Morgan fingerprint density at radius 2 is 2.33 bits per heavy atom. The molecular weight excluding hydrogens is 324 g/mol. The van der Waals surface area contributed by atoms with Crippen LogP contribution < -0.4 is 11.1 Å². The van der Waals surface area contributed by atoms with E-state index in [4.69, 9.17) is 5.73 Å². The van der Waals surface area contributed by atoms with Gasteiger partial charge in [-0.1, -0.05) is 6.92 Å². The molecule has 2 rings (SSSR count). The molecule has 24 heavy (non-hydrogen) atoms. The minimum atomic E-state index is -0.202. The molecule has 0 bridgehead atoms. The molecule has 6 nitrogen and oxygen atoms in total. The summed E-state index contributed by atoms with van der Waals surface area (Å²) in [4.78, 5) is 29.9. The van der Waals surface area contributed by atoms with Crippen molar-refractivity contribution in [1.82, 2.24) is 15.2 Å². The van der Waals surface area contributed by atoms with Crippen LogP contribution in [0.2, 0.25) is 0 Å². The Morgan fingerprint density at radius 1 is 1.50 bits per heavy atom. The lowest BCUT2D eigenvalue weighted by Crippen LogP contribution is -2.42. The Balaban J connectivity index is 1.71. The lowest BCUT2D eigenvalue weighted by Gasteiger charge is -2.31. The number of nitrogens with two attached hydrogens (primary N) is 1. The Bertz CT molecular complexity index is 567. The molecule has 0 spiro atoms. The number of likely N-dealkylation sites (tertiary alicyclic amines) is 1. The monoisotopic (exact) mass is 350 g/mol. The molecule has 0 aliphatic carbocycles. The van der Waals surface area contributed by atoms with Gasteiger partial charge in [-0.05, 0) is 50.2 Å². The number of carbonyl (C=O) groups is 2. The molecule has 1 unspecified atom stereocenters. The summed E-state index contributed by atoms with van der Waals surface area (Å²) < 4.78 is 0. The fourth-order valence-corrected chi connectivity index (χ4v) is 3.52. The Hall–Kier alpha value is -1.60. The highest BCUT2D eigenvalue weighted by molar-refractivity contribution is 7.99. The zero-order valence-electron chi connectivity index (χ0n) is 14.2. The fourth-order valence-electron chi connectivity index (χ4n) is 2.87. The van der Waals surface area contributed by atoms with Crippen molar-refractivity contribution in [2.45, 2.75) is 31.2 Å². The second-order valence-corrected chi connectivity index (χ2v) is 7.25. The molecule has 7 heteroatoms. The molecule has 1 aromatic rings. The van der Waals surface area contributed by atoms with Gasteiger partial charge < -0.3 is 16.0 Å². The first-order valence-electron chi connectivity index (χ1n) is 8.49. The van der Waals surface area contributed by atoms with Crippen LogP contribution in [0.15, 0.2) is 23.4 Å². The maximum atomic E-state index is 12.2. The van der Waals surface area contributed by atoms with Crippen LogP contribution in [0.3, 0.4) is 0 Å². The first-order chi connectivity index (χ1) is 11.6. The van der Waals surface area contributed by atoms with Gasteiger partial charge in [0.1, 0.15) is 0 Å². The van der Waals surface area contributed by atoms with E-state index in [1.54, 1.807) is 24.0 Å². The average molecular weight is 350 g/mol. The molecule has 0 saturated carbocycles. The summed E-state index contributed by atoms with van der Waals surface area (Å²) in [7, 11) is 0. The largest absolute Gasteiger partial charge is 0.369 e. The molecule has 132 valence electrons. The van der Waals surface area contributed by atoms with Crippen molar-refractivity contribution in [3.63, 3.8) is 0 Å². The van der Waals surface area contributed by atoms with Crippen LogP contribution in [0.5, 0.6) is 0 Å². The number of primary amides is 1. The number of thioether (sulfide) groups is 1. The second-order valence-electron chi connectivity index (χ2n) is 5.97. The van der Waals surface area contributed by atoms with Gasteiger partial charge in [0.05, 0.1) is 10.9 Å². The van der Waals surface area contributed by atoms with Gasteiger partial charge in [-0.3, -0.25) is 9.59 Å². The number of carbonyl (C=O) groups excluding carboxylic acids is 2. The Morgan fingerprint density at radius 3 is 3.08 bits per heavy atom. The third-order valence-corrected chi connectivity index (χ3v) is 4.94. The van der Waals surface area contributed by atoms with E-state index >= 15 is 0 Å². The summed E-state index contributed by atoms with van der Waals surface area (Å²) in [6.07, 6.45) is 4.43. The van der Waals surface area contributed by atoms with E-state index in [9.17, 15) is 9.59 Å². The third-order valence-electron chi connectivity index (χ3n) is 4.13. The quantitative estimate of drug-likeness (QED) is 0.548. The predicted molar refractivity (Wildman–Crippen MR) is 95.9 cm³/mol. The van der Waals surface area contributed by atoms with Crippen molar-refractivity contribution >= 4 is 23.6 Å². The van der Waals surface area contributed by atoms with Gasteiger partial charge in [0, 0.05) is 24.8 Å². The van der Waals surface area contributed by atoms with E-state index in [1.807, 2.05) is 6.07 Å². The van der Waals surface area contributed by atoms with Crippen LogP contribution in [0.4, 0.5) is 0 Å². The number of amides is 2. The van der Waals surface area contributed by atoms with Crippen LogP contribution in [-0.2, 0) is 4.79 Å². The Kier molecular flexibility index (Phi) is 7.52. The number of piperidine rings is 1. The number of nitrogens with one attached hydrogen (secondary N) is 1. The summed E-state index contributed by atoms with van der Waals surface area (Å²) in [6, 6.07) is 3.56. The lowest BCUT2D eigenvalue weighted by atomic mass is 9.97. The van der Waals surface area contributed by atoms with Gasteiger partial charge in [0.2, 0.25) is 5.91 Å². The SMILES string of the molecule is CCSc1cc(C(=O)NCCCN2CCCC(C(N)=O)C2)ccn1. The number of hydrogen-bond donors (Lipinski definition) is 2. The molecule has 2 amide bonds. The topological polar surface area (TPSA) is 88.3 Å². The van der Waals surface area contributed by atoms with E-state index in [0.717, 1.165) is 49.7 Å². The number of aromatic nitrogens is 1. The van der Waals surface area contributed by atoms with Crippen molar-refractivity contribution in [1.29, 1.82) is 0 Å². The summed E-state index contributed by atoms with van der Waals surface area (Å²) in [5.74, 6) is 0.635. The molecular formula is C17H26N4O2S. The molecule has 0 radical (unpaired) electrons. The number of rotatable bonds is 8. The van der Waals surface area contributed by atoms with Crippen molar-refractivity contribution in [3.05, 3.63) is 23.9 Å². The highest BCUT2D eigenvalue weighted by Gasteiger charge is 2.23. The van der Waals surface area contributed by atoms with Gasteiger partial charge >= 0.3 is 0 Å². The number of pyridine rings is 1. The summed E-state index contributed by atoms with van der Waals surface area (Å²) in [5, 5.41) is 3.82. The van der Waals surface area contributed by atoms with Crippen LogP contribution in [-0.4, -0.2) is 53.6 Å². The molecule has 1 fully saturated rings. The second kappa shape index (κ2) is 9.64. The van der Waals surface area contributed by atoms with Gasteiger partial charge in [-0.15, -0.1) is 11.8 Å². The van der Waals surface area contributed by atoms with Gasteiger partial charge in [-0.2, -0.15) is 0 Å². The fraction of sp³-hybridized carbons (Fsp3) is 0.588. The summed E-state index contributed by atoms with van der Waals surface area (Å²) in [6.45, 7) is 5.29. The van der Waals surface area contributed by atoms with Crippen LogP contribution in [0.25, 0.3) is 0 Å².